The summed E-state index contributed by atoms with van der Waals surface area (Å²) in [5.41, 5.74) is 1.01. The van der Waals surface area contributed by atoms with E-state index in [1.807, 2.05) is 0 Å². The van der Waals surface area contributed by atoms with Crippen LogP contribution in [0.5, 0.6) is 0 Å². The van der Waals surface area contributed by atoms with Gasteiger partial charge in [0.2, 0.25) is 0 Å². The molecule has 0 unspecified atom stereocenters. The van der Waals surface area contributed by atoms with Gasteiger partial charge in [0, 0.05) is 23.5 Å². The molecule has 108 valence electrons. The molecule has 0 radical (unpaired) electrons. The van der Waals surface area contributed by atoms with Gasteiger partial charge in [-0.15, -0.1) is 0 Å². The topological polar surface area (TPSA) is 74.0 Å². The normalized spacial score (nSPS) is 11.6. The summed E-state index contributed by atoms with van der Waals surface area (Å²) < 4.78 is 26.9. The quantitative estimate of drug-likeness (QED) is 0.787. The second-order valence-corrected chi connectivity index (χ2v) is 6.65. The number of rotatable bonds is 5. The molecule has 8 heteroatoms. The number of aromatic nitrogens is 1. The van der Waals surface area contributed by atoms with Gasteiger partial charge in [-0.05, 0) is 31.3 Å². The van der Waals surface area contributed by atoms with Crippen molar-refractivity contribution in [2.75, 3.05) is 11.8 Å². The van der Waals surface area contributed by atoms with Gasteiger partial charge in [-0.2, -0.15) is 0 Å². The van der Waals surface area contributed by atoms with E-state index in [2.05, 4.69) is 15.0 Å². The van der Waals surface area contributed by atoms with E-state index in [9.17, 15) is 8.42 Å². The number of nitrogens with one attached hydrogen (secondary N) is 3. The predicted molar refractivity (Wildman–Crippen MR) is 80.8 cm³/mol. The van der Waals surface area contributed by atoms with E-state index in [-0.39, 0.29) is 15.6 Å². The van der Waals surface area contributed by atoms with Crippen molar-refractivity contribution in [3.63, 3.8) is 0 Å². The molecule has 0 atom stereocenters. The molecule has 0 bridgehead atoms. The molecule has 0 amide bonds. The molecule has 0 fully saturated rings. The molecular formula is C12H13Cl2N3O2S. The number of hydrogen-bond donors (Lipinski definition) is 3. The summed E-state index contributed by atoms with van der Waals surface area (Å²) in [7, 11) is -1.93. The summed E-state index contributed by atoms with van der Waals surface area (Å²) in [5, 5.41) is 3.61. The van der Waals surface area contributed by atoms with Crippen LogP contribution in [0.4, 0.5) is 5.69 Å². The van der Waals surface area contributed by atoms with Gasteiger partial charge in [0.1, 0.15) is 4.90 Å². The SMILES string of the molecule is CNCc1cc(S(=O)(=O)Nc2cc(Cl)ccc2Cl)c[nH]1. The average Bonchev–Trinajstić information content (AvgIpc) is 2.83. The van der Waals surface area contributed by atoms with Gasteiger partial charge in [-0.1, -0.05) is 23.2 Å². The second kappa shape index (κ2) is 6.05. The van der Waals surface area contributed by atoms with E-state index < -0.39 is 10.0 Å². The number of aromatic amines is 1. The Bertz CT molecular complexity index is 713. The highest BCUT2D eigenvalue weighted by atomic mass is 35.5. The van der Waals surface area contributed by atoms with Crippen LogP contribution in [0.1, 0.15) is 5.69 Å². The van der Waals surface area contributed by atoms with Crippen LogP contribution in [0.25, 0.3) is 0 Å². The van der Waals surface area contributed by atoms with Gasteiger partial charge >= 0.3 is 0 Å². The first-order valence-electron chi connectivity index (χ1n) is 5.72. The highest BCUT2D eigenvalue weighted by Crippen LogP contribution is 2.27. The molecule has 2 aromatic rings. The van der Waals surface area contributed by atoms with Gasteiger partial charge in [-0.3, -0.25) is 4.72 Å². The number of halogens is 2. The molecule has 1 heterocycles. The lowest BCUT2D eigenvalue weighted by atomic mass is 10.3. The monoisotopic (exact) mass is 333 g/mol. The highest BCUT2D eigenvalue weighted by molar-refractivity contribution is 7.92. The minimum Gasteiger partial charge on any atom is -0.363 e. The van der Waals surface area contributed by atoms with Crippen molar-refractivity contribution in [3.8, 4) is 0 Å². The van der Waals surface area contributed by atoms with Crippen LogP contribution in [-0.2, 0) is 16.6 Å². The van der Waals surface area contributed by atoms with Crippen molar-refractivity contribution in [1.29, 1.82) is 0 Å². The standard InChI is InChI=1S/C12H13Cl2N3O2S/c1-15-6-9-5-10(7-16-9)20(18,19)17-12-4-8(13)2-3-11(12)14/h2-5,7,15-17H,6H2,1H3. The van der Waals surface area contributed by atoms with Gasteiger partial charge < -0.3 is 10.3 Å². The van der Waals surface area contributed by atoms with Gasteiger partial charge in [-0.25, -0.2) is 8.42 Å². The first-order chi connectivity index (χ1) is 9.42. The number of anilines is 1. The largest absolute Gasteiger partial charge is 0.363 e. The molecule has 3 N–H and O–H groups in total. The van der Waals surface area contributed by atoms with Crippen LogP contribution >= 0.6 is 23.2 Å². The molecule has 5 nitrogen and oxygen atoms in total. The third-order valence-corrected chi connectivity index (χ3v) is 4.48. The Morgan fingerprint density at radius 1 is 1.25 bits per heavy atom. The zero-order chi connectivity index (χ0) is 14.8. The predicted octanol–water partition coefficient (Wildman–Crippen LogP) is 2.84. The van der Waals surface area contributed by atoms with E-state index in [0.717, 1.165) is 5.69 Å². The molecule has 0 aliphatic rings. The van der Waals surface area contributed by atoms with Crippen molar-refractivity contribution in [2.45, 2.75) is 11.4 Å². The van der Waals surface area contributed by atoms with Gasteiger partial charge in [0.05, 0.1) is 10.7 Å². The minimum atomic E-state index is -3.70. The summed E-state index contributed by atoms with van der Waals surface area (Å²) in [6, 6.07) is 6.13. The third-order valence-electron chi connectivity index (χ3n) is 2.57. The Morgan fingerprint density at radius 2 is 2.00 bits per heavy atom. The van der Waals surface area contributed by atoms with Gasteiger partial charge in [0.15, 0.2) is 0 Å². The average molecular weight is 334 g/mol. The lowest BCUT2D eigenvalue weighted by Crippen LogP contribution is -2.12. The van der Waals surface area contributed by atoms with Crippen LogP contribution in [0, 0.1) is 0 Å². The van der Waals surface area contributed by atoms with E-state index in [1.54, 1.807) is 19.2 Å². The Morgan fingerprint density at radius 3 is 2.70 bits per heavy atom. The molecule has 0 saturated heterocycles. The number of H-pyrrole nitrogens is 1. The Labute approximate surface area is 127 Å². The van der Waals surface area contributed by atoms with Crippen molar-refractivity contribution in [3.05, 3.63) is 46.2 Å². The molecule has 0 spiro atoms. The fourth-order valence-electron chi connectivity index (χ4n) is 1.65. The molecule has 0 aliphatic heterocycles. The molecule has 2 rings (SSSR count). The maximum atomic E-state index is 12.2. The van der Waals surface area contributed by atoms with E-state index in [1.165, 1.54) is 18.3 Å². The van der Waals surface area contributed by atoms with Crippen molar-refractivity contribution >= 4 is 38.9 Å². The first kappa shape index (κ1) is 15.2. The molecular weight excluding hydrogens is 321 g/mol. The van der Waals surface area contributed by atoms with Crippen molar-refractivity contribution in [1.82, 2.24) is 10.3 Å². The van der Waals surface area contributed by atoms with Crippen LogP contribution < -0.4 is 10.0 Å². The smallest absolute Gasteiger partial charge is 0.263 e. The molecule has 1 aromatic carbocycles. The zero-order valence-corrected chi connectivity index (χ0v) is 12.9. The maximum Gasteiger partial charge on any atom is 0.263 e. The van der Waals surface area contributed by atoms with Crippen molar-refractivity contribution < 1.29 is 8.42 Å². The lowest BCUT2D eigenvalue weighted by Gasteiger charge is -2.08. The van der Waals surface area contributed by atoms with Crippen LogP contribution in [0.15, 0.2) is 35.4 Å². The van der Waals surface area contributed by atoms with Crippen LogP contribution in [0.3, 0.4) is 0 Å². The summed E-state index contributed by atoms with van der Waals surface area (Å²) in [6.07, 6.45) is 1.42. The summed E-state index contributed by atoms with van der Waals surface area (Å²) >= 11 is 11.8. The minimum absolute atomic E-state index is 0.138. The van der Waals surface area contributed by atoms with Crippen LogP contribution in [0.2, 0.25) is 10.0 Å². The molecule has 0 aliphatic carbocycles. The molecule has 1 aromatic heterocycles. The Balaban J connectivity index is 2.28. The highest BCUT2D eigenvalue weighted by Gasteiger charge is 2.17. The number of benzene rings is 1. The van der Waals surface area contributed by atoms with Crippen molar-refractivity contribution in [2.24, 2.45) is 0 Å². The molecule has 20 heavy (non-hydrogen) atoms. The Hall–Kier alpha value is -1.21. The van der Waals surface area contributed by atoms with E-state index in [0.29, 0.717) is 11.6 Å². The number of hydrogen-bond acceptors (Lipinski definition) is 3. The lowest BCUT2D eigenvalue weighted by molar-refractivity contribution is 0.601. The third kappa shape index (κ3) is 3.46. The maximum absolute atomic E-state index is 12.2. The first-order valence-corrected chi connectivity index (χ1v) is 7.96. The number of sulfonamides is 1. The van der Waals surface area contributed by atoms with E-state index in [4.69, 9.17) is 23.2 Å². The second-order valence-electron chi connectivity index (χ2n) is 4.12. The summed E-state index contributed by atoms with van der Waals surface area (Å²) in [6.45, 7) is 0.549. The molecule has 0 saturated carbocycles. The van der Waals surface area contributed by atoms with Gasteiger partial charge in [0.25, 0.3) is 10.0 Å². The van der Waals surface area contributed by atoms with Crippen LogP contribution in [-0.4, -0.2) is 20.4 Å². The fraction of sp³-hybridized carbons (Fsp3) is 0.167. The zero-order valence-electron chi connectivity index (χ0n) is 10.6. The fourth-order valence-corrected chi connectivity index (χ4v) is 3.13. The summed E-state index contributed by atoms with van der Waals surface area (Å²) in [4.78, 5) is 3.02. The van der Waals surface area contributed by atoms with E-state index >= 15 is 0 Å². The Kier molecular flexibility index (Phi) is 4.59. The summed E-state index contributed by atoms with van der Waals surface area (Å²) in [5.74, 6) is 0.